The molecule has 3 N–H and O–H groups in total. The summed E-state index contributed by atoms with van der Waals surface area (Å²) in [6.07, 6.45) is 3.74. The summed E-state index contributed by atoms with van der Waals surface area (Å²) in [5.74, 6) is 0.347. The summed E-state index contributed by atoms with van der Waals surface area (Å²) in [4.78, 5) is 11.3. The third kappa shape index (κ3) is 2.91. The van der Waals surface area contributed by atoms with Crippen LogP contribution >= 0.6 is 11.6 Å². The van der Waals surface area contributed by atoms with Crippen molar-refractivity contribution in [1.29, 1.82) is 0 Å². The number of halogens is 2. The van der Waals surface area contributed by atoms with Gasteiger partial charge in [-0.2, -0.15) is 5.10 Å². The highest BCUT2D eigenvalue weighted by atomic mass is 35.5. The molecule has 0 atom stereocenters. The van der Waals surface area contributed by atoms with Gasteiger partial charge < -0.3 is 10.6 Å². The Labute approximate surface area is 155 Å². The highest BCUT2D eigenvalue weighted by Crippen LogP contribution is 2.34. The molecule has 6 nitrogen and oxygen atoms in total. The molecule has 0 aliphatic carbocycles. The van der Waals surface area contributed by atoms with Crippen molar-refractivity contribution in [2.45, 2.75) is 19.8 Å². The maximum absolute atomic E-state index is 14.2. The van der Waals surface area contributed by atoms with Crippen LogP contribution in [-0.4, -0.2) is 39.8 Å². The number of piperidine rings is 1. The number of nitrogens with two attached hydrogens (primary N) is 1. The van der Waals surface area contributed by atoms with Crippen LogP contribution in [0.2, 0.25) is 5.02 Å². The lowest BCUT2D eigenvalue weighted by Gasteiger charge is -2.39. The van der Waals surface area contributed by atoms with Crippen LogP contribution in [0.4, 0.5) is 10.2 Å². The predicted molar refractivity (Wildman–Crippen MR) is 101 cm³/mol. The maximum Gasteiger partial charge on any atom is 0.177 e. The molecule has 4 rings (SSSR count). The monoisotopic (exact) mass is 374 g/mol. The van der Waals surface area contributed by atoms with E-state index in [1.54, 1.807) is 18.3 Å². The number of hydrogen-bond donors (Lipinski definition) is 2. The van der Waals surface area contributed by atoms with Crippen LogP contribution in [0.5, 0.6) is 0 Å². The minimum Gasteiger partial charge on any atom is -0.355 e. The van der Waals surface area contributed by atoms with E-state index in [4.69, 9.17) is 17.3 Å². The number of hydrogen-bond acceptors (Lipinski definition) is 5. The van der Waals surface area contributed by atoms with Crippen LogP contribution in [-0.2, 0) is 0 Å². The molecule has 1 saturated heterocycles. The minimum atomic E-state index is -0.436. The molecule has 8 heteroatoms. The van der Waals surface area contributed by atoms with Crippen molar-refractivity contribution < 1.29 is 4.39 Å². The lowest BCUT2D eigenvalue weighted by atomic mass is 9.80. The van der Waals surface area contributed by atoms with E-state index in [-0.39, 0.29) is 11.0 Å². The zero-order valence-corrected chi connectivity index (χ0v) is 15.2. The third-order valence-corrected chi connectivity index (χ3v) is 5.56. The first-order chi connectivity index (χ1) is 12.5. The number of aromatic amines is 1. The second-order valence-electron chi connectivity index (χ2n) is 7.10. The number of nitrogens with zero attached hydrogens (tertiary/aromatic N) is 4. The highest BCUT2D eigenvalue weighted by molar-refractivity contribution is 6.33. The van der Waals surface area contributed by atoms with Gasteiger partial charge in [-0.1, -0.05) is 24.6 Å². The highest BCUT2D eigenvalue weighted by Gasteiger charge is 2.29. The van der Waals surface area contributed by atoms with E-state index in [0.717, 1.165) is 31.7 Å². The molecule has 0 spiro atoms. The van der Waals surface area contributed by atoms with E-state index in [0.29, 0.717) is 28.4 Å². The quantitative estimate of drug-likeness (QED) is 0.734. The molecule has 1 aliphatic heterocycles. The van der Waals surface area contributed by atoms with Crippen LogP contribution in [0.15, 0.2) is 24.4 Å². The molecule has 0 amide bonds. The smallest absolute Gasteiger partial charge is 0.177 e. The van der Waals surface area contributed by atoms with Crippen molar-refractivity contribution in [2.24, 2.45) is 11.1 Å². The Kier molecular flexibility index (Phi) is 4.28. The van der Waals surface area contributed by atoms with Gasteiger partial charge in [0.05, 0.1) is 16.8 Å². The molecule has 1 aromatic carbocycles. The average Bonchev–Trinajstić information content (AvgIpc) is 3.05. The van der Waals surface area contributed by atoms with E-state index >= 15 is 0 Å². The number of fused-ring (bicyclic) bond motifs is 1. The number of benzene rings is 1. The van der Waals surface area contributed by atoms with Gasteiger partial charge in [0.1, 0.15) is 22.8 Å². The third-order valence-electron chi connectivity index (χ3n) is 5.24. The molecule has 136 valence electrons. The fourth-order valence-corrected chi connectivity index (χ4v) is 3.58. The van der Waals surface area contributed by atoms with E-state index in [2.05, 4.69) is 32.0 Å². The Morgan fingerprint density at radius 1 is 1.35 bits per heavy atom. The second kappa shape index (κ2) is 6.48. The zero-order chi connectivity index (χ0) is 18.3. The Morgan fingerprint density at radius 2 is 2.12 bits per heavy atom. The number of aromatic nitrogens is 4. The van der Waals surface area contributed by atoms with Gasteiger partial charge in [0.15, 0.2) is 5.65 Å². The molecule has 1 fully saturated rings. The number of nitrogens with one attached hydrogen (secondary N) is 1. The summed E-state index contributed by atoms with van der Waals surface area (Å²) in [5.41, 5.74) is 7.70. The number of H-pyrrole nitrogens is 1. The van der Waals surface area contributed by atoms with Gasteiger partial charge >= 0.3 is 0 Å². The van der Waals surface area contributed by atoms with Gasteiger partial charge in [0.25, 0.3) is 0 Å². The molecule has 2 aromatic heterocycles. The number of anilines is 1. The first kappa shape index (κ1) is 17.2. The van der Waals surface area contributed by atoms with Gasteiger partial charge in [-0.15, -0.1) is 0 Å². The standard InChI is InChI=1S/C18H20ClFN6/c1-18(10-21)5-7-26(8-6-18)13-9-22-16-15(24-25-17(16)23-13)14-11(19)3-2-4-12(14)20/h2-4,9H,5-8,10,21H2,1H3,(H,23,24,25). The molecular weight excluding hydrogens is 355 g/mol. The van der Waals surface area contributed by atoms with E-state index in [9.17, 15) is 4.39 Å². The lowest BCUT2D eigenvalue weighted by Crippen LogP contribution is -2.42. The zero-order valence-electron chi connectivity index (χ0n) is 14.5. The topological polar surface area (TPSA) is 83.7 Å². The summed E-state index contributed by atoms with van der Waals surface area (Å²) in [5, 5.41) is 7.35. The summed E-state index contributed by atoms with van der Waals surface area (Å²) in [6, 6.07) is 4.54. The molecule has 0 bridgehead atoms. The van der Waals surface area contributed by atoms with Gasteiger partial charge in [0.2, 0.25) is 0 Å². The largest absolute Gasteiger partial charge is 0.355 e. The summed E-state index contributed by atoms with van der Waals surface area (Å²) in [7, 11) is 0. The molecule has 0 unspecified atom stereocenters. The first-order valence-electron chi connectivity index (χ1n) is 8.61. The van der Waals surface area contributed by atoms with Crippen LogP contribution in [0.3, 0.4) is 0 Å². The van der Waals surface area contributed by atoms with Crippen LogP contribution in [0, 0.1) is 11.2 Å². The SMILES string of the molecule is CC1(CN)CCN(c2cnc3c(-c4c(F)cccc4Cl)n[nH]c3n2)CC1. The Hall–Kier alpha value is -2.25. The van der Waals surface area contributed by atoms with Crippen molar-refractivity contribution in [1.82, 2.24) is 20.2 Å². The Balaban J connectivity index is 1.67. The van der Waals surface area contributed by atoms with Gasteiger partial charge in [0, 0.05) is 13.1 Å². The van der Waals surface area contributed by atoms with E-state index in [1.165, 1.54) is 6.07 Å². The van der Waals surface area contributed by atoms with Crippen molar-refractivity contribution in [3.63, 3.8) is 0 Å². The molecule has 0 saturated carbocycles. The average molecular weight is 375 g/mol. The molecule has 26 heavy (non-hydrogen) atoms. The normalized spacial score (nSPS) is 17.0. The Bertz CT molecular complexity index is 928. The molecular formula is C18H20ClFN6. The van der Waals surface area contributed by atoms with Crippen LogP contribution in [0.1, 0.15) is 19.8 Å². The van der Waals surface area contributed by atoms with Gasteiger partial charge in [-0.3, -0.25) is 5.10 Å². The second-order valence-corrected chi connectivity index (χ2v) is 7.50. The molecule has 3 heterocycles. The first-order valence-corrected chi connectivity index (χ1v) is 8.99. The van der Waals surface area contributed by atoms with Crippen molar-refractivity contribution >= 4 is 28.6 Å². The van der Waals surface area contributed by atoms with E-state index in [1.807, 2.05) is 0 Å². The number of rotatable bonds is 3. The molecule has 1 aliphatic rings. The Morgan fingerprint density at radius 3 is 2.81 bits per heavy atom. The van der Waals surface area contributed by atoms with Gasteiger partial charge in [-0.25, -0.2) is 14.4 Å². The van der Waals surface area contributed by atoms with Crippen molar-refractivity contribution in [3.8, 4) is 11.3 Å². The molecule has 0 radical (unpaired) electrons. The summed E-state index contributed by atoms with van der Waals surface area (Å²) < 4.78 is 14.2. The maximum atomic E-state index is 14.2. The minimum absolute atomic E-state index is 0.191. The fraction of sp³-hybridized carbons (Fsp3) is 0.389. The van der Waals surface area contributed by atoms with Crippen LogP contribution < -0.4 is 10.6 Å². The van der Waals surface area contributed by atoms with E-state index < -0.39 is 5.82 Å². The van der Waals surface area contributed by atoms with Crippen molar-refractivity contribution in [3.05, 3.63) is 35.2 Å². The van der Waals surface area contributed by atoms with Gasteiger partial charge in [-0.05, 0) is 36.9 Å². The summed E-state index contributed by atoms with van der Waals surface area (Å²) in [6.45, 7) is 4.68. The predicted octanol–water partition coefficient (Wildman–Crippen LogP) is 3.38. The van der Waals surface area contributed by atoms with Crippen LogP contribution in [0.25, 0.3) is 22.4 Å². The summed E-state index contributed by atoms with van der Waals surface area (Å²) >= 11 is 6.15. The van der Waals surface area contributed by atoms with Crippen molar-refractivity contribution in [2.75, 3.05) is 24.5 Å². The fourth-order valence-electron chi connectivity index (χ4n) is 3.32. The molecule has 3 aromatic rings. The lowest BCUT2D eigenvalue weighted by molar-refractivity contribution is 0.258.